The van der Waals surface area contributed by atoms with Gasteiger partial charge in [-0.3, -0.25) is 4.79 Å². The molecule has 3 aromatic rings. The lowest BCUT2D eigenvalue weighted by Crippen LogP contribution is -2.01. The number of nitrogens with one attached hydrogen (secondary N) is 1. The average molecular weight is 308 g/mol. The van der Waals surface area contributed by atoms with Crippen LogP contribution in [0.1, 0.15) is 22.5 Å². The molecule has 1 aromatic heterocycles. The molecule has 3 N–H and O–H groups in total. The summed E-state index contributed by atoms with van der Waals surface area (Å²) in [6.45, 7) is 0. The van der Waals surface area contributed by atoms with Crippen LogP contribution in [-0.4, -0.2) is 26.0 Å². The number of Topliss-reactive ketones (excluding diaryl/α,β-unsaturated/α-hetero) is 1. The highest BCUT2D eigenvalue weighted by Crippen LogP contribution is 2.20. The van der Waals surface area contributed by atoms with Gasteiger partial charge in [-0.1, -0.05) is 12.1 Å². The van der Waals surface area contributed by atoms with Crippen molar-refractivity contribution in [2.24, 2.45) is 0 Å². The molecule has 0 fully saturated rings. The van der Waals surface area contributed by atoms with Crippen molar-refractivity contribution in [3.63, 3.8) is 0 Å². The lowest BCUT2D eigenvalue weighted by Gasteiger charge is -2.01. The molecule has 116 valence electrons. The van der Waals surface area contributed by atoms with E-state index in [2.05, 4.69) is 9.97 Å². The first kappa shape index (κ1) is 14.8. The van der Waals surface area contributed by atoms with Crippen LogP contribution in [0, 0.1) is 0 Å². The molecule has 0 saturated heterocycles. The van der Waals surface area contributed by atoms with Crippen LogP contribution in [-0.2, 0) is 6.42 Å². The van der Waals surface area contributed by atoms with E-state index in [4.69, 9.17) is 0 Å². The normalized spacial score (nSPS) is 10.6. The van der Waals surface area contributed by atoms with E-state index < -0.39 is 0 Å². The Balaban J connectivity index is 1.67. The third kappa shape index (κ3) is 3.58. The fraction of sp³-hybridized carbons (Fsp3) is 0.111. The maximum atomic E-state index is 12.2. The van der Waals surface area contributed by atoms with Gasteiger partial charge in [0.15, 0.2) is 5.78 Å². The number of phenols is 2. The van der Waals surface area contributed by atoms with Crippen LogP contribution in [0.4, 0.5) is 0 Å². The van der Waals surface area contributed by atoms with Crippen molar-refractivity contribution in [2.45, 2.75) is 12.8 Å². The van der Waals surface area contributed by atoms with E-state index in [1.165, 1.54) is 6.20 Å². The van der Waals surface area contributed by atoms with Gasteiger partial charge < -0.3 is 15.2 Å². The van der Waals surface area contributed by atoms with Crippen LogP contribution in [0.5, 0.6) is 11.5 Å². The van der Waals surface area contributed by atoms with Gasteiger partial charge in [0.25, 0.3) is 0 Å². The van der Waals surface area contributed by atoms with Crippen molar-refractivity contribution < 1.29 is 15.0 Å². The Kier molecular flexibility index (Phi) is 4.10. The number of aromatic nitrogens is 2. The number of hydrogen-bond donors (Lipinski definition) is 3. The topological polar surface area (TPSA) is 86.2 Å². The van der Waals surface area contributed by atoms with E-state index in [-0.39, 0.29) is 17.3 Å². The number of ketones is 1. The maximum absolute atomic E-state index is 12.2. The molecule has 0 atom stereocenters. The van der Waals surface area contributed by atoms with Crippen molar-refractivity contribution >= 4 is 5.78 Å². The molecule has 0 bridgehead atoms. The first-order chi connectivity index (χ1) is 11.1. The Bertz CT molecular complexity index is 822. The van der Waals surface area contributed by atoms with Gasteiger partial charge in [0.05, 0.1) is 6.20 Å². The predicted octanol–water partition coefficient (Wildman–Crippen LogP) is 3.30. The van der Waals surface area contributed by atoms with Crippen molar-refractivity contribution in [1.29, 1.82) is 0 Å². The molecule has 2 aromatic carbocycles. The minimum absolute atomic E-state index is 0.0362. The average Bonchev–Trinajstić information content (AvgIpc) is 3.03. The van der Waals surface area contributed by atoms with Crippen LogP contribution in [0.2, 0.25) is 0 Å². The summed E-state index contributed by atoms with van der Waals surface area (Å²) in [4.78, 5) is 19.4. The predicted molar refractivity (Wildman–Crippen MR) is 86.4 cm³/mol. The number of hydrogen-bond acceptors (Lipinski definition) is 4. The highest BCUT2D eigenvalue weighted by Gasteiger charge is 2.11. The quantitative estimate of drug-likeness (QED) is 0.631. The molecule has 0 aliphatic carbocycles. The second kappa shape index (κ2) is 6.36. The zero-order valence-electron chi connectivity index (χ0n) is 12.4. The number of rotatable bonds is 5. The van der Waals surface area contributed by atoms with Crippen molar-refractivity contribution in [3.8, 4) is 22.9 Å². The van der Waals surface area contributed by atoms with Crippen molar-refractivity contribution in [2.75, 3.05) is 0 Å². The fourth-order valence-electron chi connectivity index (χ4n) is 2.33. The Morgan fingerprint density at radius 2 is 1.83 bits per heavy atom. The molecule has 0 radical (unpaired) electrons. The summed E-state index contributed by atoms with van der Waals surface area (Å²) in [5, 5.41) is 18.7. The Hall–Kier alpha value is -3.08. The van der Waals surface area contributed by atoms with Gasteiger partial charge in [-0.05, 0) is 48.4 Å². The Morgan fingerprint density at radius 1 is 1.04 bits per heavy atom. The van der Waals surface area contributed by atoms with Gasteiger partial charge >= 0.3 is 0 Å². The molecule has 0 aliphatic heterocycles. The number of nitrogens with zero attached hydrogens (tertiary/aromatic N) is 1. The first-order valence-electron chi connectivity index (χ1n) is 7.27. The molecule has 3 rings (SSSR count). The third-order valence-corrected chi connectivity index (χ3v) is 3.57. The fourth-order valence-corrected chi connectivity index (χ4v) is 2.33. The third-order valence-electron chi connectivity index (χ3n) is 3.57. The standard InChI is InChI=1S/C18H16N2O3/c21-14-7-5-13(6-8-14)18-19-11-16(20-18)17(23)9-4-12-2-1-3-15(22)10-12/h1-3,5-8,10-11,21-22H,4,9H2,(H,19,20). The van der Waals surface area contributed by atoms with E-state index >= 15 is 0 Å². The highest BCUT2D eigenvalue weighted by molar-refractivity contribution is 5.94. The Morgan fingerprint density at radius 3 is 2.57 bits per heavy atom. The van der Waals surface area contributed by atoms with E-state index in [1.54, 1.807) is 42.5 Å². The summed E-state index contributed by atoms with van der Waals surface area (Å²) >= 11 is 0. The van der Waals surface area contributed by atoms with Crippen molar-refractivity contribution in [1.82, 2.24) is 9.97 Å². The van der Waals surface area contributed by atoms with Crippen LogP contribution < -0.4 is 0 Å². The highest BCUT2D eigenvalue weighted by atomic mass is 16.3. The second-order valence-electron chi connectivity index (χ2n) is 5.29. The molecule has 0 saturated carbocycles. The Labute approximate surface area is 133 Å². The monoisotopic (exact) mass is 308 g/mol. The maximum Gasteiger partial charge on any atom is 0.180 e. The minimum atomic E-state index is -0.0362. The number of carbonyl (C=O) groups excluding carboxylic acids is 1. The van der Waals surface area contributed by atoms with Crippen LogP contribution >= 0.6 is 0 Å². The molecule has 1 heterocycles. The van der Waals surface area contributed by atoms with Gasteiger partial charge in [0, 0.05) is 12.0 Å². The summed E-state index contributed by atoms with van der Waals surface area (Å²) in [6.07, 6.45) is 2.41. The number of H-pyrrole nitrogens is 1. The molecule has 0 unspecified atom stereocenters. The summed E-state index contributed by atoms with van der Waals surface area (Å²) in [6, 6.07) is 13.5. The summed E-state index contributed by atoms with van der Waals surface area (Å²) in [5.74, 6) is 0.936. The first-order valence-corrected chi connectivity index (χ1v) is 7.27. The van der Waals surface area contributed by atoms with Gasteiger partial charge in [-0.25, -0.2) is 4.98 Å². The van der Waals surface area contributed by atoms with Crippen LogP contribution in [0.25, 0.3) is 11.4 Å². The van der Waals surface area contributed by atoms with Gasteiger partial charge in [-0.2, -0.15) is 0 Å². The second-order valence-corrected chi connectivity index (χ2v) is 5.29. The van der Waals surface area contributed by atoms with Gasteiger partial charge in [0.1, 0.15) is 23.0 Å². The number of aromatic hydroxyl groups is 2. The minimum Gasteiger partial charge on any atom is -0.508 e. The molecule has 0 aliphatic rings. The number of imidazole rings is 1. The molecule has 5 nitrogen and oxygen atoms in total. The molecule has 5 heteroatoms. The van der Waals surface area contributed by atoms with Crippen LogP contribution in [0.3, 0.4) is 0 Å². The lowest BCUT2D eigenvalue weighted by molar-refractivity contribution is 0.0978. The van der Waals surface area contributed by atoms with Gasteiger partial charge in [-0.15, -0.1) is 0 Å². The number of aryl methyl sites for hydroxylation is 1. The number of benzene rings is 2. The zero-order chi connectivity index (χ0) is 16.2. The van der Waals surface area contributed by atoms with E-state index in [1.807, 2.05) is 6.07 Å². The van der Waals surface area contributed by atoms with E-state index in [0.29, 0.717) is 24.4 Å². The van der Waals surface area contributed by atoms with Crippen LogP contribution in [0.15, 0.2) is 54.7 Å². The SMILES string of the molecule is O=C(CCc1cccc(O)c1)c1cnc(-c2ccc(O)cc2)[nH]1. The van der Waals surface area contributed by atoms with Crippen molar-refractivity contribution in [3.05, 3.63) is 66.0 Å². The number of aromatic amines is 1. The zero-order valence-corrected chi connectivity index (χ0v) is 12.4. The summed E-state index contributed by atoms with van der Waals surface area (Å²) in [7, 11) is 0. The molecular formula is C18H16N2O3. The molecular weight excluding hydrogens is 292 g/mol. The van der Waals surface area contributed by atoms with Gasteiger partial charge in [0.2, 0.25) is 0 Å². The smallest absolute Gasteiger partial charge is 0.180 e. The van der Waals surface area contributed by atoms with E-state index in [9.17, 15) is 15.0 Å². The number of carbonyl (C=O) groups is 1. The summed E-state index contributed by atoms with van der Waals surface area (Å²) in [5.41, 5.74) is 2.17. The number of phenolic OH excluding ortho intramolecular Hbond substituents is 2. The molecule has 23 heavy (non-hydrogen) atoms. The summed E-state index contributed by atoms with van der Waals surface area (Å²) < 4.78 is 0. The molecule has 0 amide bonds. The van der Waals surface area contributed by atoms with E-state index in [0.717, 1.165) is 11.1 Å². The largest absolute Gasteiger partial charge is 0.508 e. The lowest BCUT2D eigenvalue weighted by atomic mass is 10.1. The molecule has 0 spiro atoms.